The number of nitrogens with one attached hydrogen (secondary N) is 1. The fourth-order valence-electron chi connectivity index (χ4n) is 4.34. The molecule has 4 rings (SSSR count). The van der Waals surface area contributed by atoms with Crippen molar-refractivity contribution in [2.75, 3.05) is 34.2 Å². The highest BCUT2D eigenvalue weighted by Crippen LogP contribution is 2.28. The van der Waals surface area contributed by atoms with E-state index in [0.29, 0.717) is 11.4 Å². The summed E-state index contributed by atoms with van der Waals surface area (Å²) in [6.07, 6.45) is 3.67. The molecule has 1 heterocycles. The molecule has 1 saturated heterocycles. The van der Waals surface area contributed by atoms with Crippen LogP contribution in [0.2, 0.25) is 0 Å². The largest absolute Gasteiger partial charge is 0.372 e. The number of piperidine rings is 1. The zero-order chi connectivity index (χ0) is 24.1. The normalized spacial score (nSPS) is 14.0. The molecule has 0 aromatic heterocycles. The Balaban J connectivity index is 1.56. The van der Waals surface area contributed by atoms with E-state index in [-0.39, 0.29) is 11.4 Å². The summed E-state index contributed by atoms with van der Waals surface area (Å²) in [5, 5.41) is 2.86. The first-order valence-corrected chi connectivity index (χ1v) is 13.1. The van der Waals surface area contributed by atoms with Crippen LogP contribution in [0.25, 0.3) is 0 Å². The van der Waals surface area contributed by atoms with Crippen LogP contribution in [0.15, 0.2) is 77.7 Å². The van der Waals surface area contributed by atoms with Crippen molar-refractivity contribution in [2.24, 2.45) is 0 Å². The fourth-order valence-corrected chi connectivity index (χ4v) is 5.85. The van der Waals surface area contributed by atoms with Crippen molar-refractivity contribution >= 4 is 33.0 Å². The van der Waals surface area contributed by atoms with Crippen molar-refractivity contribution in [1.82, 2.24) is 0 Å². The molecule has 178 valence electrons. The van der Waals surface area contributed by atoms with E-state index in [2.05, 4.69) is 10.2 Å². The number of aryl methyl sites for hydroxylation is 2. The summed E-state index contributed by atoms with van der Waals surface area (Å²) >= 11 is 0. The molecule has 0 atom stereocenters. The minimum absolute atomic E-state index is 0.147. The van der Waals surface area contributed by atoms with Gasteiger partial charge in [0.15, 0.2) is 0 Å². The number of benzene rings is 3. The summed E-state index contributed by atoms with van der Waals surface area (Å²) in [5.41, 5.74) is 4.09. The van der Waals surface area contributed by atoms with Crippen molar-refractivity contribution in [3.8, 4) is 0 Å². The fraction of sp³-hybridized carbons (Fsp3) is 0.296. The first kappa shape index (κ1) is 23.8. The number of nitrogens with zero attached hydrogens (tertiary/aromatic N) is 2. The molecule has 0 saturated carbocycles. The van der Waals surface area contributed by atoms with Crippen molar-refractivity contribution in [3.05, 3.63) is 83.9 Å². The highest BCUT2D eigenvalue weighted by atomic mass is 32.2. The second-order valence-corrected chi connectivity index (χ2v) is 10.6. The predicted octanol–water partition coefficient (Wildman–Crippen LogP) is 5.13. The maximum atomic E-state index is 13.5. The summed E-state index contributed by atoms with van der Waals surface area (Å²) in [7, 11) is -3.93. The lowest BCUT2D eigenvalue weighted by Crippen LogP contribution is -2.38. The molecule has 3 aromatic carbocycles. The molecule has 6 nitrogen and oxygen atoms in total. The molecule has 3 aromatic rings. The SMILES string of the molecule is Cc1ccc(N(CC(=O)Nc2ccc(N3CCCCC3)cc2)S(=O)(=O)c2ccccc2)c(C)c1. The highest BCUT2D eigenvalue weighted by Gasteiger charge is 2.28. The molecular formula is C27H31N3O3S. The molecule has 1 N–H and O–H groups in total. The number of sulfonamides is 1. The van der Waals surface area contributed by atoms with E-state index >= 15 is 0 Å². The molecule has 0 unspecified atom stereocenters. The minimum atomic E-state index is -3.93. The lowest BCUT2D eigenvalue weighted by Gasteiger charge is -2.29. The van der Waals surface area contributed by atoms with E-state index in [1.165, 1.54) is 23.6 Å². The lowest BCUT2D eigenvalue weighted by atomic mass is 10.1. The molecule has 34 heavy (non-hydrogen) atoms. The summed E-state index contributed by atoms with van der Waals surface area (Å²) < 4.78 is 28.2. The van der Waals surface area contributed by atoms with Crippen LogP contribution in [0.4, 0.5) is 17.1 Å². The first-order valence-electron chi connectivity index (χ1n) is 11.6. The summed E-state index contributed by atoms with van der Waals surface area (Å²) in [6.45, 7) is 5.58. The zero-order valence-electron chi connectivity index (χ0n) is 19.7. The van der Waals surface area contributed by atoms with E-state index < -0.39 is 15.9 Å². The second kappa shape index (κ2) is 10.3. The standard InChI is InChI=1S/C27H31N3O3S/c1-21-11-16-26(22(2)19-21)30(34(32,33)25-9-5-3-6-10-25)20-27(31)28-23-12-14-24(15-13-23)29-17-7-4-8-18-29/h3,5-6,9-16,19H,4,7-8,17-18,20H2,1-2H3,(H,28,31). The molecule has 0 bridgehead atoms. The van der Waals surface area contributed by atoms with E-state index in [1.807, 2.05) is 50.2 Å². The average molecular weight is 478 g/mol. The van der Waals surface area contributed by atoms with Crippen molar-refractivity contribution in [1.29, 1.82) is 0 Å². The van der Waals surface area contributed by atoms with Gasteiger partial charge < -0.3 is 10.2 Å². The topological polar surface area (TPSA) is 69.7 Å². The molecular weight excluding hydrogens is 446 g/mol. The molecule has 7 heteroatoms. The molecule has 0 radical (unpaired) electrons. The number of amides is 1. The van der Waals surface area contributed by atoms with Crippen LogP contribution in [0.1, 0.15) is 30.4 Å². The van der Waals surface area contributed by atoms with Crippen molar-refractivity contribution < 1.29 is 13.2 Å². The monoisotopic (exact) mass is 477 g/mol. The van der Waals surface area contributed by atoms with Gasteiger partial charge >= 0.3 is 0 Å². The lowest BCUT2D eigenvalue weighted by molar-refractivity contribution is -0.114. The molecule has 1 aliphatic heterocycles. The van der Waals surface area contributed by atoms with Gasteiger partial charge in [0.1, 0.15) is 6.54 Å². The minimum Gasteiger partial charge on any atom is -0.372 e. The molecule has 0 aliphatic carbocycles. The van der Waals surface area contributed by atoms with Gasteiger partial charge in [-0.2, -0.15) is 0 Å². The van der Waals surface area contributed by atoms with E-state index in [0.717, 1.165) is 29.9 Å². The Kier molecular flexibility index (Phi) is 7.22. The first-order chi connectivity index (χ1) is 16.3. The van der Waals surface area contributed by atoms with E-state index in [4.69, 9.17) is 0 Å². The van der Waals surface area contributed by atoms with Crippen LogP contribution in [0, 0.1) is 13.8 Å². The van der Waals surface area contributed by atoms with Gasteiger partial charge in [0.25, 0.3) is 10.0 Å². The van der Waals surface area contributed by atoms with E-state index in [9.17, 15) is 13.2 Å². The van der Waals surface area contributed by atoms with Gasteiger partial charge in [-0.15, -0.1) is 0 Å². The van der Waals surface area contributed by atoms with Gasteiger partial charge in [-0.3, -0.25) is 9.10 Å². The second-order valence-electron chi connectivity index (χ2n) is 8.76. The Labute approximate surface area is 202 Å². The smallest absolute Gasteiger partial charge is 0.264 e. The Morgan fingerprint density at radius 3 is 2.24 bits per heavy atom. The van der Waals surface area contributed by atoms with E-state index in [1.54, 1.807) is 36.4 Å². The Morgan fingerprint density at radius 2 is 1.59 bits per heavy atom. The maximum absolute atomic E-state index is 13.5. The Hall–Kier alpha value is -3.32. The molecule has 0 spiro atoms. The number of hydrogen-bond acceptors (Lipinski definition) is 4. The van der Waals surface area contributed by atoms with Crippen LogP contribution in [-0.2, 0) is 14.8 Å². The van der Waals surface area contributed by atoms with Gasteiger partial charge in [0.05, 0.1) is 10.6 Å². The van der Waals surface area contributed by atoms with Gasteiger partial charge in [0.2, 0.25) is 5.91 Å². The van der Waals surface area contributed by atoms with Crippen LogP contribution in [-0.4, -0.2) is 34.0 Å². The number of anilines is 3. The quantitative estimate of drug-likeness (QED) is 0.512. The highest BCUT2D eigenvalue weighted by molar-refractivity contribution is 7.92. The van der Waals surface area contributed by atoms with Crippen molar-refractivity contribution in [3.63, 3.8) is 0 Å². The van der Waals surface area contributed by atoms with Crippen LogP contribution >= 0.6 is 0 Å². The Bertz CT molecular complexity index is 1240. The number of hydrogen-bond donors (Lipinski definition) is 1. The number of carbonyl (C=O) groups is 1. The third-order valence-corrected chi connectivity index (χ3v) is 7.89. The summed E-state index contributed by atoms with van der Waals surface area (Å²) in [6, 6.07) is 21.5. The van der Waals surface area contributed by atoms with Crippen LogP contribution < -0.4 is 14.5 Å². The van der Waals surface area contributed by atoms with Gasteiger partial charge in [-0.05, 0) is 81.1 Å². The Morgan fingerprint density at radius 1 is 0.912 bits per heavy atom. The maximum Gasteiger partial charge on any atom is 0.264 e. The zero-order valence-corrected chi connectivity index (χ0v) is 20.5. The van der Waals surface area contributed by atoms with Gasteiger partial charge in [-0.1, -0.05) is 35.9 Å². The molecule has 1 aliphatic rings. The number of rotatable bonds is 7. The van der Waals surface area contributed by atoms with Crippen LogP contribution in [0.3, 0.4) is 0 Å². The summed E-state index contributed by atoms with van der Waals surface area (Å²) in [5.74, 6) is -0.398. The molecule has 1 amide bonds. The van der Waals surface area contributed by atoms with Crippen molar-refractivity contribution in [2.45, 2.75) is 38.0 Å². The average Bonchev–Trinajstić information content (AvgIpc) is 2.84. The summed E-state index contributed by atoms with van der Waals surface area (Å²) in [4.78, 5) is 15.5. The predicted molar refractivity (Wildman–Crippen MR) is 138 cm³/mol. The van der Waals surface area contributed by atoms with Crippen LogP contribution in [0.5, 0.6) is 0 Å². The third kappa shape index (κ3) is 5.42. The number of carbonyl (C=O) groups excluding carboxylic acids is 1. The third-order valence-electron chi connectivity index (χ3n) is 6.11. The van der Waals surface area contributed by atoms with Gasteiger partial charge in [0, 0.05) is 24.5 Å². The molecule has 1 fully saturated rings. The van der Waals surface area contributed by atoms with Gasteiger partial charge in [-0.25, -0.2) is 8.42 Å².